The van der Waals surface area contributed by atoms with Crippen LogP contribution in [0.25, 0.3) is 0 Å². The quantitative estimate of drug-likeness (QED) is 0.525. The Balaban J connectivity index is 1.96. The van der Waals surface area contributed by atoms with Crippen molar-refractivity contribution < 1.29 is 28.8 Å². The first-order valence-corrected chi connectivity index (χ1v) is 11.2. The molecule has 1 saturated heterocycles. The normalized spacial score (nSPS) is 38.4. The van der Waals surface area contributed by atoms with Crippen molar-refractivity contribution in [3.63, 3.8) is 0 Å². The number of ether oxygens (including phenoxy) is 4. The molecule has 1 aliphatic carbocycles. The number of allylic oxidation sites excluding steroid dienone is 1. The standard InChI is InChI=1S/C25H36O6/c1-7-28-19-13-16(3)22-18(14-19)9-8-10-21-23(31-25(5,6)30-21)20(26)12-11-15(2)17(4)29-24(22)27/h8-9,11-12,14-15,17,19-21,23,26H,7,10,13H2,1-6H3/b9-8+,12-11-/t15-,17+,19?,20?,21+,23-/m1/s1. The summed E-state index contributed by atoms with van der Waals surface area (Å²) in [6, 6.07) is 0. The number of cyclic esters (lactones) is 1. The molecule has 6 atom stereocenters. The van der Waals surface area contributed by atoms with E-state index in [9.17, 15) is 9.90 Å². The van der Waals surface area contributed by atoms with Crippen LogP contribution in [0.3, 0.4) is 0 Å². The number of aliphatic hydroxyl groups is 1. The maximum atomic E-state index is 13.1. The Kier molecular flexibility index (Phi) is 7.58. The van der Waals surface area contributed by atoms with Crippen LogP contribution in [0.5, 0.6) is 0 Å². The minimum atomic E-state index is -0.817. The largest absolute Gasteiger partial charge is 0.458 e. The Bertz CT molecular complexity index is 790. The first-order chi connectivity index (χ1) is 14.6. The average Bonchev–Trinajstić information content (AvgIpc) is 2.99. The third-order valence-electron chi connectivity index (χ3n) is 6.04. The summed E-state index contributed by atoms with van der Waals surface area (Å²) in [6.45, 7) is 12.1. The molecule has 2 aliphatic heterocycles. The fourth-order valence-electron chi connectivity index (χ4n) is 4.30. The molecule has 3 aliphatic rings. The van der Waals surface area contributed by atoms with E-state index in [0.717, 1.165) is 11.1 Å². The van der Waals surface area contributed by atoms with Crippen LogP contribution in [-0.4, -0.2) is 54.0 Å². The zero-order chi connectivity index (χ0) is 22.8. The van der Waals surface area contributed by atoms with Crippen LogP contribution in [0.1, 0.15) is 54.4 Å². The number of hydrogen-bond donors (Lipinski definition) is 1. The highest BCUT2D eigenvalue weighted by molar-refractivity contribution is 5.95. The number of rotatable bonds is 2. The molecule has 1 N–H and O–H groups in total. The van der Waals surface area contributed by atoms with Gasteiger partial charge in [0.05, 0.1) is 17.8 Å². The Hall–Kier alpha value is -1.73. The lowest BCUT2D eigenvalue weighted by Gasteiger charge is -2.26. The number of carbonyl (C=O) groups excluding carboxylic acids is 1. The Labute approximate surface area is 185 Å². The fraction of sp³-hybridized carbons (Fsp3) is 0.640. The van der Waals surface area contributed by atoms with Crippen molar-refractivity contribution in [3.05, 3.63) is 47.1 Å². The van der Waals surface area contributed by atoms with Crippen molar-refractivity contribution in [3.8, 4) is 0 Å². The topological polar surface area (TPSA) is 74.2 Å². The molecule has 2 unspecified atom stereocenters. The predicted octanol–water partition coefficient (Wildman–Crippen LogP) is 4.00. The highest BCUT2D eigenvalue weighted by atomic mass is 16.8. The number of esters is 1. The summed E-state index contributed by atoms with van der Waals surface area (Å²) >= 11 is 0. The van der Waals surface area contributed by atoms with Gasteiger partial charge in [0.25, 0.3) is 0 Å². The maximum absolute atomic E-state index is 13.1. The minimum Gasteiger partial charge on any atom is -0.458 e. The molecule has 3 rings (SSSR count). The number of fused-ring (bicyclic) bond motifs is 2. The molecule has 0 aromatic heterocycles. The van der Waals surface area contributed by atoms with Gasteiger partial charge in [0, 0.05) is 12.5 Å². The Morgan fingerprint density at radius 3 is 2.68 bits per heavy atom. The van der Waals surface area contributed by atoms with E-state index >= 15 is 0 Å². The second-order valence-corrected chi connectivity index (χ2v) is 9.10. The summed E-state index contributed by atoms with van der Waals surface area (Å²) in [5, 5.41) is 10.7. The van der Waals surface area contributed by atoms with Crippen molar-refractivity contribution in [2.45, 2.75) is 90.7 Å². The first-order valence-electron chi connectivity index (χ1n) is 11.2. The zero-order valence-corrected chi connectivity index (χ0v) is 19.5. The van der Waals surface area contributed by atoms with Gasteiger partial charge < -0.3 is 24.1 Å². The Morgan fingerprint density at radius 1 is 1.23 bits per heavy atom. The molecule has 0 radical (unpaired) electrons. The molecule has 0 saturated carbocycles. The number of carbonyl (C=O) groups is 1. The predicted molar refractivity (Wildman–Crippen MR) is 118 cm³/mol. The van der Waals surface area contributed by atoms with Crippen LogP contribution in [0.15, 0.2) is 47.1 Å². The molecule has 2 heterocycles. The van der Waals surface area contributed by atoms with E-state index in [1.807, 2.05) is 65.8 Å². The van der Waals surface area contributed by atoms with E-state index in [4.69, 9.17) is 18.9 Å². The second kappa shape index (κ2) is 9.82. The highest BCUT2D eigenvalue weighted by Crippen LogP contribution is 2.34. The van der Waals surface area contributed by atoms with Crippen LogP contribution in [0.2, 0.25) is 0 Å². The fourth-order valence-corrected chi connectivity index (χ4v) is 4.30. The molecule has 172 valence electrons. The van der Waals surface area contributed by atoms with Gasteiger partial charge in [-0.25, -0.2) is 4.79 Å². The highest BCUT2D eigenvalue weighted by Gasteiger charge is 2.43. The van der Waals surface area contributed by atoms with Crippen molar-refractivity contribution in [2.75, 3.05) is 6.61 Å². The minimum absolute atomic E-state index is 0.0704. The van der Waals surface area contributed by atoms with E-state index in [1.165, 1.54) is 0 Å². The van der Waals surface area contributed by atoms with E-state index < -0.39 is 18.0 Å². The van der Waals surface area contributed by atoms with Gasteiger partial charge in [-0.2, -0.15) is 0 Å². The van der Waals surface area contributed by atoms with Crippen molar-refractivity contribution in [2.24, 2.45) is 5.92 Å². The SMILES string of the molecule is CCOC1C=C2/C=C/C[C@@H]3OC(C)(C)O[C@@H]3C(O)/C=C\[C@@H](C)[C@H](C)OC(=O)C2=C(C)C1. The third-order valence-corrected chi connectivity index (χ3v) is 6.04. The van der Waals surface area contributed by atoms with Gasteiger partial charge in [-0.05, 0) is 59.1 Å². The van der Waals surface area contributed by atoms with Crippen LogP contribution < -0.4 is 0 Å². The monoisotopic (exact) mass is 432 g/mol. The molecule has 0 amide bonds. The lowest BCUT2D eigenvalue weighted by Crippen LogP contribution is -2.34. The second-order valence-electron chi connectivity index (χ2n) is 9.10. The summed E-state index contributed by atoms with van der Waals surface area (Å²) in [7, 11) is 0. The molecular formula is C25H36O6. The molecule has 0 aromatic carbocycles. The van der Waals surface area contributed by atoms with Gasteiger partial charge in [-0.1, -0.05) is 36.8 Å². The van der Waals surface area contributed by atoms with Gasteiger partial charge in [-0.3, -0.25) is 0 Å². The molecule has 31 heavy (non-hydrogen) atoms. The molecule has 1 fully saturated rings. The summed E-state index contributed by atoms with van der Waals surface area (Å²) in [5.41, 5.74) is 2.37. The number of hydrogen-bond acceptors (Lipinski definition) is 6. The molecule has 6 nitrogen and oxygen atoms in total. The van der Waals surface area contributed by atoms with Crippen molar-refractivity contribution in [1.29, 1.82) is 0 Å². The maximum Gasteiger partial charge on any atom is 0.338 e. The molecule has 0 aromatic rings. The van der Waals surface area contributed by atoms with Crippen LogP contribution >= 0.6 is 0 Å². The summed E-state index contributed by atoms with van der Waals surface area (Å²) in [4.78, 5) is 13.1. The number of aliphatic hydroxyl groups excluding tert-OH is 1. The van der Waals surface area contributed by atoms with Crippen LogP contribution in [-0.2, 0) is 23.7 Å². The van der Waals surface area contributed by atoms with E-state index in [0.29, 0.717) is 25.0 Å². The van der Waals surface area contributed by atoms with Crippen molar-refractivity contribution >= 4 is 5.97 Å². The summed E-state index contributed by atoms with van der Waals surface area (Å²) < 4.78 is 23.7. The van der Waals surface area contributed by atoms with Gasteiger partial charge in [0.15, 0.2) is 5.79 Å². The van der Waals surface area contributed by atoms with E-state index in [1.54, 1.807) is 6.08 Å². The molecule has 0 bridgehead atoms. The van der Waals surface area contributed by atoms with Crippen LogP contribution in [0, 0.1) is 5.92 Å². The van der Waals surface area contributed by atoms with Gasteiger partial charge in [-0.15, -0.1) is 0 Å². The summed E-state index contributed by atoms with van der Waals surface area (Å²) in [6.07, 6.45) is 8.69. The lowest BCUT2D eigenvalue weighted by atomic mass is 9.89. The molecule has 6 heteroatoms. The van der Waals surface area contributed by atoms with Gasteiger partial charge in [0.1, 0.15) is 18.3 Å². The van der Waals surface area contributed by atoms with Gasteiger partial charge in [0.2, 0.25) is 0 Å². The third kappa shape index (κ3) is 5.75. The van der Waals surface area contributed by atoms with Gasteiger partial charge >= 0.3 is 5.97 Å². The van der Waals surface area contributed by atoms with Crippen molar-refractivity contribution in [1.82, 2.24) is 0 Å². The summed E-state index contributed by atoms with van der Waals surface area (Å²) in [5.74, 6) is -1.16. The van der Waals surface area contributed by atoms with E-state index in [2.05, 4.69) is 0 Å². The lowest BCUT2D eigenvalue weighted by molar-refractivity contribution is -0.152. The smallest absolute Gasteiger partial charge is 0.338 e. The van der Waals surface area contributed by atoms with E-state index in [-0.39, 0.29) is 30.2 Å². The molecule has 0 spiro atoms. The average molecular weight is 433 g/mol. The Morgan fingerprint density at radius 2 is 1.97 bits per heavy atom. The van der Waals surface area contributed by atoms with Crippen LogP contribution in [0.4, 0.5) is 0 Å². The zero-order valence-electron chi connectivity index (χ0n) is 19.5. The molecular weight excluding hydrogens is 396 g/mol. The first kappa shape index (κ1) is 23.9.